The topological polar surface area (TPSA) is 0 Å². The van der Waals surface area contributed by atoms with Crippen molar-refractivity contribution >= 4 is 27.5 Å². The number of rotatable bonds is 3. The third-order valence-corrected chi connectivity index (χ3v) is 3.96. The van der Waals surface area contributed by atoms with Crippen LogP contribution < -0.4 is 0 Å². The minimum atomic E-state index is 0.308. The molecule has 0 aliphatic carbocycles. The minimum absolute atomic E-state index is 0.308. The van der Waals surface area contributed by atoms with Crippen molar-refractivity contribution in [2.75, 3.05) is 0 Å². The van der Waals surface area contributed by atoms with E-state index in [-0.39, 0.29) is 0 Å². The van der Waals surface area contributed by atoms with E-state index in [9.17, 15) is 0 Å². The summed E-state index contributed by atoms with van der Waals surface area (Å²) in [5, 5.41) is 0.789. The summed E-state index contributed by atoms with van der Waals surface area (Å²) in [7, 11) is 0. The molecule has 0 aromatic heterocycles. The molecule has 0 aliphatic heterocycles. The van der Waals surface area contributed by atoms with Gasteiger partial charge in [0.05, 0.1) is 0 Å². The van der Waals surface area contributed by atoms with Crippen molar-refractivity contribution in [3.05, 3.63) is 70.2 Å². The molecule has 2 aromatic rings. The molecule has 0 heterocycles. The van der Waals surface area contributed by atoms with Crippen LogP contribution in [0.5, 0.6) is 0 Å². The first-order chi connectivity index (χ1) is 8.16. The van der Waals surface area contributed by atoms with Gasteiger partial charge in [-0.25, -0.2) is 0 Å². The lowest BCUT2D eigenvalue weighted by Crippen LogP contribution is -1.97. The Morgan fingerprint density at radius 1 is 1.12 bits per heavy atom. The summed E-state index contributed by atoms with van der Waals surface area (Å²) in [5.41, 5.74) is 3.93. The maximum absolute atomic E-state index is 6.00. The lowest BCUT2D eigenvalue weighted by atomic mass is 10.0. The van der Waals surface area contributed by atoms with Gasteiger partial charge in [0.25, 0.3) is 0 Å². The van der Waals surface area contributed by atoms with Crippen molar-refractivity contribution in [2.45, 2.75) is 18.2 Å². The van der Waals surface area contributed by atoms with E-state index in [2.05, 4.69) is 53.2 Å². The fraction of sp³-hybridized carbons (Fsp3) is 0.200. The van der Waals surface area contributed by atoms with Crippen molar-refractivity contribution < 1.29 is 0 Å². The summed E-state index contributed by atoms with van der Waals surface area (Å²) in [6, 6.07) is 16.5. The predicted molar refractivity (Wildman–Crippen MR) is 78.0 cm³/mol. The van der Waals surface area contributed by atoms with E-state index in [1.54, 1.807) is 0 Å². The highest BCUT2D eigenvalue weighted by atomic mass is 79.9. The molecule has 0 nitrogen and oxygen atoms in total. The van der Waals surface area contributed by atoms with Crippen LogP contribution in [-0.4, -0.2) is 0 Å². The molecule has 0 fully saturated rings. The van der Waals surface area contributed by atoms with Crippen LogP contribution in [0.15, 0.2) is 48.5 Å². The predicted octanol–water partition coefficient (Wildman–Crippen LogP) is 5.33. The van der Waals surface area contributed by atoms with Crippen molar-refractivity contribution in [3.63, 3.8) is 0 Å². The van der Waals surface area contributed by atoms with Gasteiger partial charge in [-0.1, -0.05) is 63.9 Å². The van der Waals surface area contributed by atoms with E-state index in [1.165, 1.54) is 16.7 Å². The highest BCUT2D eigenvalue weighted by molar-refractivity contribution is 9.09. The fourth-order valence-corrected chi connectivity index (χ4v) is 2.68. The second-order valence-electron chi connectivity index (χ2n) is 4.15. The molecule has 17 heavy (non-hydrogen) atoms. The molecule has 0 N–H and O–H groups in total. The van der Waals surface area contributed by atoms with Crippen molar-refractivity contribution in [2.24, 2.45) is 0 Å². The van der Waals surface area contributed by atoms with Crippen molar-refractivity contribution in [3.8, 4) is 0 Å². The second-order valence-corrected chi connectivity index (χ2v) is 5.69. The molecule has 88 valence electrons. The zero-order valence-corrected chi connectivity index (χ0v) is 12.0. The van der Waals surface area contributed by atoms with Crippen LogP contribution in [-0.2, 0) is 6.42 Å². The fourth-order valence-electron chi connectivity index (χ4n) is 1.85. The highest BCUT2D eigenvalue weighted by Gasteiger charge is 2.09. The van der Waals surface area contributed by atoms with Crippen LogP contribution in [0.2, 0.25) is 5.02 Å². The second kappa shape index (κ2) is 5.70. The zero-order chi connectivity index (χ0) is 12.3. The van der Waals surface area contributed by atoms with E-state index < -0.39 is 0 Å². The quantitative estimate of drug-likeness (QED) is 0.672. The maximum Gasteiger partial charge on any atom is 0.0436 e. The van der Waals surface area contributed by atoms with Gasteiger partial charge in [0.15, 0.2) is 0 Å². The van der Waals surface area contributed by atoms with E-state index in [4.69, 9.17) is 11.6 Å². The molecule has 0 aliphatic rings. The van der Waals surface area contributed by atoms with Gasteiger partial charge in [-0.2, -0.15) is 0 Å². The van der Waals surface area contributed by atoms with Gasteiger partial charge in [0, 0.05) is 9.85 Å². The largest absolute Gasteiger partial charge is 0.0843 e. The van der Waals surface area contributed by atoms with E-state index >= 15 is 0 Å². The summed E-state index contributed by atoms with van der Waals surface area (Å²) in [4.78, 5) is 0.308. The average molecular weight is 310 g/mol. The van der Waals surface area contributed by atoms with Crippen molar-refractivity contribution in [1.29, 1.82) is 0 Å². The van der Waals surface area contributed by atoms with Crippen LogP contribution in [0, 0.1) is 6.92 Å². The highest BCUT2D eigenvalue weighted by Crippen LogP contribution is 2.29. The van der Waals surface area contributed by atoms with Crippen LogP contribution in [0.25, 0.3) is 0 Å². The first kappa shape index (κ1) is 12.7. The molecule has 0 saturated carbocycles. The SMILES string of the molecule is Cc1ccccc1CC(Br)c1cccc(Cl)c1. The molecular weight excluding hydrogens is 296 g/mol. The first-order valence-corrected chi connectivity index (χ1v) is 6.90. The molecule has 0 amide bonds. The molecular formula is C15H14BrCl. The normalized spacial score (nSPS) is 12.4. The maximum atomic E-state index is 6.00. The zero-order valence-electron chi connectivity index (χ0n) is 9.66. The molecule has 2 heteroatoms. The lowest BCUT2D eigenvalue weighted by molar-refractivity contribution is 0.939. The van der Waals surface area contributed by atoms with E-state index in [0.717, 1.165) is 11.4 Å². The standard InChI is InChI=1S/C15H14BrCl/c1-11-5-2-3-6-12(11)10-15(16)13-7-4-8-14(17)9-13/h2-9,15H,10H2,1H3. The Hall–Kier alpha value is -0.790. The Kier molecular flexibility index (Phi) is 4.25. The third kappa shape index (κ3) is 3.34. The Morgan fingerprint density at radius 2 is 1.88 bits per heavy atom. The van der Waals surface area contributed by atoms with Gasteiger partial charge in [-0.3, -0.25) is 0 Å². The average Bonchev–Trinajstić information content (AvgIpc) is 2.32. The number of hydrogen-bond donors (Lipinski definition) is 0. The van der Waals surface area contributed by atoms with Crippen LogP contribution in [0.4, 0.5) is 0 Å². The van der Waals surface area contributed by atoms with Gasteiger partial charge in [-0.15, -0.1) is 0 Å². The minimum Gasteiger partial charge on any atom is -0.0843 e. The summed E-state index contributed by atoms with van der Waals surface area (Å²) >= 11 is 9.73. The number of alkyl halides is 1. The van der Waals surface area contributed by atoms with Crippen LogP contribution >= 0.6 is 27.5 Å². The Morgan fingerprint density at radius 3 is 2.59 bits per heavy atom. The molecule has 0 saturated heterocycles. The summed E-state index contributed by atoms with van der Waals surface area (Å²) < 4.78 is 0. The van der Waals surface area contributed by atoms with Gasteiger partial charge < -0.3 is 0 Å². The lowest BCUT2D eigenvalue weighted by Gasteiger charge is -2.12. The van der Waals surface area contributed by atoms with Gasteiger partial charge in [0.1, 0.15) is 0 Å². The molecule has 0 radical (unpaired) electrons. The van der Waals surface area contributed by atoms with Crippen LogP contribution in [0.1, 0.15) is 21.5 Å². The van der Waals surface area contributed by atoms with Gasteiger partial charge in [-0.05, 0) is 42.2 Å². The molecule has 0 spiro atoms. The van der Waals surface area contributed by atoms with Crippen LogP contribution in [0.3, 0.4) is 0 Å². The molecule has 2 rings (SSSR count). The van der Waals surface area contributed by atoms with Gasteiger partial charge >= 0.3 is 0 Å². The number of halogens is 2. The smallest absolute Gasteiger partial charge is 0.0436 e. The molecule has 1 atom stereocenters. The Bertz CT molecular complexity index is 508. The first-order valence-electron chi connectivity index (χ1n) is 5.61. The number of benzene rings is 2. The molecule has 0 bridgehead atoms. The monoisotopic (exact) mass is 308 g/mol. The molecule has 2 aromatic carbocycles. The van der Waals surface area contributed by atoms with E-state index in [1.807, 2.05) is 18.2 Å². The van der Waals surface area contributed by atoms with E-state index in [0.29, 0.717) is 4.83 Å². The Labute approximate surface area is 116 Å². The number of hydrogen-bond acceptors (Lipinski definition) is 0. The number of aryl methyl sites for hydroxylation is 1. The summed E-state index contributed by atoms with van der Waals surface area (Å²) in [5.74, 6) is 0. The van der Waals surface area contributed by atoms with Crippen molar-refractivity contribution in [1.82, 2.24) is 0 Å². The third-order valence-electron chi connectivity index (χ3n) is 2.87. The summed E-state index contributed by atoms with van der Waals surface area (Å²) in [6.07, 6.45) is 0.979. The molecule has 1 unspecified atom stereocenters. The summed E-state index contributed by atoms with van der Waals surface area (Å²) in [6.45, 7) is 2.15. The van der Waals surface area contributed by atoms with Gasteiger partial charge in [0.2, 0.25) is 0 Å². The Balaban J connectivity index is 2.17.